The minimum Gasteiger partial charge on any atom is -0.481 e. The van der Waals surface area contributed by atoms with E-state index in [1.54, 1.807) is 25.4 Å². The summed E-state index contributed by atoms with van der Waals surface area (Å²) in [6.45, 7) is 0.383. The Balaban J connectivity index is 1.97. The van der Waals surface area contributed by atoms with Crippen LogP contribution in [0.1, 0.15) is 16.1 Å². The molecule has 2 aromatic rings. The first-order valence-electron chi connectivity index (χ1n) is 5.32. The van der Waals surface area contributed by atoms with E-state index < -0.39 is 0 Å². The Morgan fingerprint density at radius 3 is 2.94 bits per heavy atom. The van der Waals surface area contributed by atoms with Crippen LogP contribution in [-0.2, 0) is 6.54 Å². The van der Waals surface area contributed by atoms with Crippen molar-refractivity contribution < 1.29 is 9.53 Å². The van der Waals surface area contributed by atoms with Gasteiger partial charge in [-0.2, -0.15) is 0 Å². The third-order valence-corrected chi connectivity index (χ3v) is 2.26. The molecule has 1 N–H and O–H groups in total. The average Bonchev–Trinajstić information content (AvgIpc) is 2.46. The van der Waals surface area contributed by atoms with E-state index in [2.05, 4.69) is 20.3 Å². The predicted octanol–water partition coefficient (Wildman–Crippen LogP) is 0.810. The van der Waals surface area contributed by atoms with Gasteiger partial charge < -0.3 is 10.1 Å². The summed E-state index contributed by atoms with van der Waals surface area (Å²) in [5, 5.41) is 2.74. The molecule has 0 aliphatic rings. The van der Waals surface area contributed by atoms with Crippen molar-refractivity contribution >= 4 is 5.91 Å². The second kappa shape index (κ2) is 5.72. The van der Waals surface area contributed by atoms with Gasteiger partial charge in [0.05, 0.1) is 13.3 Å². The lowest BCUT2D eigenvalue weighted by Gasteiger charge is -2.05. The number of hydrogen-bond donors (Lipinski definition) is 1. The summed E-state index contributed by atoms with van der Waals surface area (Å²) in [5.41, 5.74) is 1.19. The number of carbonyl (C=O) groups excluding carboxylic acids is 1. The molecule has 0 aliphatic carbocycles. The van der Waals surface area contributed by atoms with Gasteiger partial charge in [-0.1, -0.05) is 0 Å². The van der Waals surface area contributed by atoms with E-state index in [1.165, 1.54) is 18.6 Å². The molecule has 2 rings (SSSR count). The largest absolute Gasteiger partial charge is 0.481 e. The van der Waals surface area contributed by atoms with Crippen LogP contribution in [0.3, 0.4) is 0 Å². The number of ether oxygens (including phenoxy) is 1. The van der Waals surface area contributed by atoms with Crippen LogP contribution in [0.5, 0.6) is 5.88 Å². The van der Waals surface area contributed by atoms with E-state index >= 15 is 0 Å². The standard InChI is InChI=1S/C12H12N4O2/c1-18-11-6-9(2-3-15-11)7-16-12(17)10-8-13-4-5-14-10/h2-6,8H,7H2,1H3,(H,16,17). The minimum atomic E-state index is -0.265. The third-order valence-electron chi connectivity index (χ3n) is 2.26. The molecular weight excluding hydrogens is 232 g/mol. The van der Waals surface area contributed by atoms with Crippen LogP contribution in [0.15, 0.2) is 36.9 Å². The maximum Gasteiger partial charge on any atom is 0.271 e. The second-order valence-electron chi connectivity index (χ2n) is 3.48. The van der Waals surface area contributed by atoms with Gasteiger partial charge in [-0.15, -0.1) is 0 Å². The van der Waals surface area contributed by atoms with Crippen LogP contribution in [0.4, 0.5) is 0 Å². The molecular formula is C12H12N4O2. The Kier molecular flexibility index (Phi) is 3.80. The monoisotopic (exact) mass is 244 g/mol. The van der Waals surface area contributed by atoms with Crippen molar-refractivity contribution in [3.05, 3.63) is 48.2 Å². The summed E-state index contributed by atoms with van der Waals surface area (Å²) in [6, 6.07) is 3.57. The first-order valence-corrected chi connectivity index (χ1v) is 5.32. The normalized spacial score (nSPS) is 9.83. The molecule has 0 spiro atoms. The Labute approximate surface area is 104 Å². The second-order valence-corrected chi connectivity index (χ2v) is 3.48. The van der Waals surface area contributed by atoms with E-state index in [0.717, 1.165) is 5.56 Å². The molecule has 0 radical (unpaired) electrons. The molecule has 1 amide bonds. The fourth-order valence-electron chi connectivity index (χ4n) is 1.36. The topological polar surface area (TPSA) is 77.0 Å². The molecule has 2 heterocycles. The molecule has 0 saturated heterocycles. The van der Waals surface area contributed by atoms with Gasteiger partial charge in [0.2, 0.25) is 5.88 Å². The molecule has 2 aromatic heterocycles. The molecule has 0 aliphatic heterocycles. The summed E-state index contributed by atoms with van der Waals surface area (Å²) < 4.78 is 5.00. The highest BCUT2D eigenvalue weighted by Crippen LogP contribution is 2.08. The number of amides is 1. The summed E-state index contributed by atoms with van der Waals surface area (Å²) in [4.78, 5) is 23.4. The first-order chi connectivity index (χ1) is 8.79. The van der Waals surface area contributed by atoms with Crippen LogP contribution in [0.25, 0.3) is 0 Å². The van der Waals surface area contributed by atoms with Crippen molar-refractivity contribution in [3.8, 4) is 5.88 Å². The molecule has 0 atom stereocenters. The summed E-state index contributed by atoms with van der Waals surface area (Å²) in [7, 11) is 1.55. The van der Waals surface area contributed by atoms with Crippen molar-refractivity contribution in [3.63, 3.8) is 0 Å². The summed E-state index contributed by atoms with van der Waals surface area (Å²) in [5.74, 6) is 0.250. The molecule has 6 nitrogen and oxygen atoms in total. The highest BCUT2D eigenvalue weighted by Gasteiger charge is 2.06. The van der Waals surface area contributed by atoms with Crippen LogP contribution >= 0.6 is 0 Å². The van der Waals surface area contributed by atoms with E-state index in [9.17, 15) is 4.79 Å². The molecule has 6 heteroatoms. The Morgan fingerprint density at radius 1 is 1.33 bits per heavy atom. The number of methoxy groups -OCH3 is 1. The van der Waals surface area contributed by atoms with Crippen LogP contribution in [0, 0.1) is 0 Å². The van der Waals surface area contributed by atoms with Crippen LogP contribution < -0.4 is 10.1 Å². The maximum atomic E-state index is 11.7. The Morgan fingerprint density at radius 2 is 2.22 bits per heavy atom. The number of nitrogens with one attached hydrogen (secondary N) is 1. The maximum absolute atomic E-state index is 11.7. The van der Waals surface area contributed by atoms with Crippen molar-refractivity contribution in [1.29, 1.82) is 0 Å². The summed E-state index contributed by atoms with van der Waals surface area (Å²) >= 11 is 0. The molecule has 0 unspecified atom stereocenters. The van der Waals surface area contributed by atoms with E-state index in [1.807, 2.05) is 0 Å². The van der Waals surface area contributed by atoms with Gasteiger partial charge in [0, 0.05) is 31.2 Å². The fourth-order valence-corrected chi connectivity index (χ4v) is 1.36. The lowest BCUT2D eigenvalue weighted by molar-refractivity contribution is 0.0945. The first kappa shape index (κ1) is 12.0. The zero-order valence-electron chi connectivity index (χ0n) is 9.83. The zero-order valence-corrected chi connectivity index (χ0v) is 9.83. The number of pyridine rings is 1. The van der Waals surface area contributed by atoms with Gasteiger partial charge in [-0.05, 0) is 11.6 Å². The number of aromatic nitrogens is 3. The Hall–Kier alpha value is -2.50. The zero-order chi connectivity index (χ0) is 12.8. The lowest BCUT2D eigenvalue weighted by Crippen LogP contribution is -2.23. The lowest BCUT2D eigenvalue weighted by atomic mass is 10.2. The number of rotatable bonds is 4. The fraction of sp³-hybridized carbons (Fsp3) is 0.167. The smallest absolute Gasteiger partial charge is 0.271 e. The van der Waals surface area contributed by atoms with E-state index in [0.29, 0.717) is 18.1 Å². The summed E-state index contributed by atoms with van der Waals surface area (Å²) in [6.07, 6.45) is 6.04. The van der Waals surface area contributed by atoms with Gasteiger partial charge in [0.1, 0.15) is 5.69 Å². The highest BCUT2D eigenvalue weighted by molar-refractivity contribution is 5.91. The predicted molar refractivity (Wildman–Crippen MR) is 64.0 cm³/mol. The van der Waals surface area contributed by atoms with Crippen molar-refractivity contribution in [1.82, 2.24) is 20.3 Å². The van der Waals surface area contributed by atoms with Gasteiger partial charge >= 0.3 is 0 Å². The highest BCUT2D eigenvalue weighted by atomic mass is 16.5. The number of hydrogen-bond acceptors (Lipinski definition) is 5. The number of nitrogens with zero attached hydrogens (tertiary/aromatic N) is 3. The Bertz CT molecular complexity index is 531. The van der Waals surface area contributed by atoms with E-state index in [4.69, 9.17) is 4.74 Å². The molecule has 0 aromatic carbocycles. The van der Waals surface area contributed by atoms with Crippen LogP contribution in [0.2, 0.25) is 0 Å². The van der Waals surface area contributed by atoms with E-state index in [-0.39, 0.29) is 5.91 Å². The van der Waals surface area contributed by atoms with Crippen molar-refractivity contribution in [2.75, 3.05) is 7.11 Å². The van der Waals surface area contributed by atoms with Gasteiger partial charge in [-0.3, -0.25) is 9.78 Å². The average molecular weight is 244 g/mol. The quantitative estimate of drug-likeness (QED) is 0.861. The van der Waals surface area contributed by atoms with Crippen molar-refractivity contribution in [2.24, 2.45) is 0 Å². The van der Waals surface area contributed by atoms with Crippen LogP contribution in [-0.4, -0.2) is 28.0 Å². The van der Waals surface area contributed by atoms with Crippen molar-refractivity contribution in [2.45, 2.75) is 6.54 Å². The SMILES string of the molecule is COc1cc(CNC(=O)c2cnccn2)ccn1. The van der Waals surface area contributed by atoms with Gasteiger partial charge in [0.15, 0.2) is 0 Å². The molecule has 0 fully saturated rings. The molecule has 92 valence electrons. The number of carbonyl (C=O) groups is 1. The van der Waals surface area contributed by atoms with Gasteiger partial charge in [-0.25, -0.2) is 9.97 Å². The molecule has 0 bridgehead atoms. The third kappa shape index (κ3) is 3.00. The van der Waals surface area contributed by atoms with Gasteiger partial charge in [0.25, 0.3) is 5.91 Å². The molecule has 18 heavy (non-hydrogen) atoms. The minimum absolute atomic E-state index is 0.265. The molecule has 0 saturated carbocycles.